The molecule has 1 aliphatic rings. The van der Waals surface area contributed by atoms with Crippen LogP contribution in [0, 0.1) is 13.8 Å². The Balaban J connectivity index is 1.99. The van der Waals surface area contributed by atoms with Crippen molar-refractivity contribution in [3.63, 3.8) is 0 Å². The number of carbonyl (C=O) groups is 1. The number of nitrogens with zero attached hydrogens (tertiary/aromatic N) is 2. The zero-order chi connectivity index (χ0) is 16.6. The highest BCUT2D eigenvalue weighted by Gasteiger charge is 2.27. The second-order valence-corrected chi connectivity index (χ2v) is 6.86. The van der Waals surface area contributed by atoms with Gasteiger partial charge in [-0.25, -0.2) is 14.8 Å². The molecule has 2 atom stereocenters. The van der Waals surface area contributed by atoms with Gasteiger partial charge in [-0.2, -0.15) is 0 Å². The Morgan fingerprint density at radius 3 is 2.70 bits per heavy atom. The van der Waals surface area contributed by atoms with E-state index in [1.807, 2.05) is 13.8 Å². The van der Waals surface area contributed by atoms with Crippen molar-refractivity contribution in [2.75, 3.05) is 19.5 Å². The Morgan fingerprint density at radius 2 is 2.04 bits per heavy atom. The van der Waals surface area contributed by atoms with E-state index in [4.69, 9.17) is 9.47 Å². The van der Waals surface area contributed by atoms with Crippen molar-refractivity contribution < 1.29 is 14.3 Å². The van der Waals surface area contributed by atoms with E-state index in [0.717, 1.165) is 40.9 Å². The summed E-state index contributed by atoms with van der Waals surface area (Å²) in [6.45, 7) is 3.78. The van der Waals surface area contributed by atoms with Gasteiger partial charge in [0, 0.05) is 13.2 Å². The molecule has 6 nitrogen and oxygen atoms in total. The maximum atomic E-state index is 11.9. The monoisotopic (exact) mass is 335 g/mol. The molecule has 0 amide bonds. The van der Waals surface area contributed by atoms with Crippen LogP contribution in [0.5, 0.6) is 0 Å². The molecule has 1 aliphatic carbocycles. The van der Waals surface area contributed by atoms with Crippen molar-refractivity contribution in [2.24, 2.45) is 0 Å². The summed E-state index contributed by atoms with van der Waals surface area (Å²) >= 11 is 1.36. The minimum Gasteiger partial charge on any atom is -0.465 e. The van der Waals surface area contributed by atoms with Gasteiger partial charge in [0.2, 0.25) is 0 Å². The Morgan fingerprint density at radius 1 is 1.26 bits per heavy atom. The fraction of sp³-hybridized carbons (Fsp3) is 0.562. The first kappa shape index (κ1) is 16.1. The quantitative estimate of drug-likeness (QED) is 0.866. The Hall–Kier alpha value is -1.73. The zero-order valence-corrected chi connectivity index (χ0v) is 14.6. The highest BCUT2D eigenvalue weighted by Crippen LogP contribution is 2.35. The van der Waals surface area contributed by atoms with Crippen LogP contribution >= 0.6 is 11.3 Å². The molecule has 2 unspecified atom stereocenters. The number of ether oxygens (including phenoxy) is 2. The maximum absolute atomic E-state index is 11.9. The van der Waals surface area contributed by atoms with E-state index in [-0.39, 0.29) is 5.97 Å². The normalized spacial score (nSPS) is 20.9. The van der Waals surface area contributed by atoms with E-state index in [9.17, 15) is 4.79 Å². The molecule has 2 aromatic heterocycles. The molecule has 0 saturated heterocycles. The molecule has 0 radical (unpaired) electrons. The van der Waals surface area contributed by atoms with E-state index in [2.05, 4.69) is 15.3 Å². The number of methoxy groups -OCH3 is 2. The van der Waals surface area contributed by atoms with Crippen LogP contribution in [0.15, 0.2) is 0 Å². The maximum Gasteiger partial charge on any atom is 0.348 e. The third-order valence-electron chi connectivity index (χ3n) is 4.33. The van der Waals surface area contributed by atoms with E-state index in [1.165, 1.54) is 18.4 Å². The molecule has 3 rings (SSSR count). The first-order chi connectivity index (χ1) is 11.0. The molecular formula is C16H21N3O3S. The van der Waals surface area contributed by atoms with Gasteiger partial charge in [0.15, 0.2) is 0 Å². The second kappa shape index (κ2) is 6.41. The molecule has 0 bridgehead atoms. The van der Waals surface area contributed by atoms with E-state index >= 15 is 0 Å². The van der Waals surface area contributed by atoms with Gasteiger partial charge in [0.05, 0.1) is 18.6 Å². The average molecular weight is 335 g/mol. The molecule has 124 valence electrons. The number of aromatic nitrogens is 2. The van der Waals surface area contributed by atoms with Crippen LogP contribution in [0.3, 0.4) is 0 Å². The van der Waals surface area contributed by atoms with Gasteiger partial charge in [-0.05, 0) is 38.7 Å². The van der Waals surface area contributed by atoms with Crippen molar-refractivity contribution in [3.05, 3.63) is 16.3 Å². The topological polar surface area (TPSA) is 73.3 Å². The molecule has 1 saturated carbocycles. The average Bonchev–Trinajstić information content (AvgIpc) is 3.11. The van der Waals surface area contributed by atoms with E-state index < -0.39 is 0 Å². The van der Waals surface area contributed by atoms with Crippen LogP contribution in [-0.4, -0.2) is 42.3 Å². The lowest BCUT2D eigenvalue weighted by Crippen LogP contribution is -2.18. The largest absolute Gasteiger partial charge is 0.465 e. The van der Waals surface area contributed by atoms with Gasteiger partial charge in [-0.3, -0.25) is 0 Å². The molecule has 7 heteroatoms. The molecule has 1 N–H and O–H groups in total. The summed E-state index contributed by atoms with van der Waals surface area (Å²) in [7, 11) is 3.15. The molecule has 0 spiro atoms. The summed E-state index contributed by atoms with van der Waals surface area (Å²) in [6, 6.07) is 0.332. The number of anilines is 1. The smallest absolute Gasteiger partial charge is 0.348 e. The van der Waals surface area contributed by atoms with E-state index in [1.54, 1.807) is 7.11 Å². The van der Waals surface area contributed by atoms with Crippen LogP contribution in [0.1, 0.15) is 40.3 Å². The first-order valence-corrected chi connectivity index (χ1v) is 8.50. The standard InChI is InChI=1S/C16H21N3O3S/c1-8-12-14(19-10-5-6-11(7-10)21-3)17-9(2)18-15(12)23-13(8)16(20)22-4/h10-11H,5-7H2,1-4H3,(H,17,18,19). The molecule has 0 aliphatic heterocycles. The van der Waals surface area contributed by atoms with Crippen LogP contribution in [0.25, 0.3) is 10.2 Å². The number of esters is 1. The number of fused-ring (bicyclic) bond motifs is 1. The SMILES string of the molecule is COC(=O)c1sc2nc(C)nc(NC3CCC(OC)C3)c2c1C. The third kappa shape index (κ3) is 3.03. The van der Waals surface area contributed by atoms with Crippen LogP contribution in [-0.2, 0) is 9.47 Å². The third-order valence-corrected chi connectivity index (χ3v) is 5.50. The predicted molar refractivity (Wildman–Crippen MR) is 90.3 cm³/mol. The number of hydrogen-bond acceptors (Lipinski definition) is 7. The van der Waals surface area contributed by atoms with Gasteiger partial charge in [0.25, 0.3) is 0 Å². The Bertz CT molecular complexity index is 744. The van der Waals surface area contributed by atoms with Gasteiger partial charge in [-0.1, -0.05) is 0 Å². The fourth-order valence-electron chi connectivity index (χ4n) is 3.12. The molecular weight excluding hydrogens is 314 g/mol. The summed E-state index contributed by atoms with van der Waals surface area (Å²) < 4.78 is 10.3. The molecule has 2 heterocycles. The highest BCUT2D eigenvalue weighted by atomic mass is 32.1. The zero-order valence-electron chi connectivity index (χ0n) is 13.8. The van der Waals surface area contributed by atoms with Gasteiger partial charge in [-0.15, -0.1) is 11.3 Å². The summed E-state index contributed by atoms with van der Waals surface area (Å²) in [5.41, 5.74) is 0.876. The fourth-order valence-corrected chi connectivity index (χ4v) is 4.26. The lowest BCUT2D eigenvalue weighted by Gasteiger charge is -2.15. The minimum atomic E-state index is -0.325. The summed E-state index contributed by atoms with van der Waals surface area (Å²) in [6.07, 6.45) is 3.38. The van der Waals surface area contributed by atoms with Crippen molar-refractivity contribution >= 4 is 33.3 Å². The summed E-state index contributed by atoms with van der Waals surface area (Å²) in [5, 5.41) is 4.44. The second-order valence-electron chi connectivity index (χ2n) is 5.86. The van der Waals surface area contributed by atoms with Crippen molar-refractivity contribution in [3.8, 4) is 0 Å². The minimum absolute atomic E-state index is 0.306. The number of aryl methyl sites for hydroxylation is 2. The van der Waals surface area contributed by atoms with E-state index in [0.29, 0.717) is 22.8 Å². The number of thiophene rings is 1. The van der Waals surface area contributed by atoms with Crippen molar-refractivity contribution in [1.82, 2.24) is 9.97 Å². The summed E-state index contributed by atoms with van der Waals surface area (Å²) in [5.74, 6) is 1.17. The first-order valence-electron chi connectivity index (χ1n) is 7.68. The highest BCUT2D eigenvalue weighted by molar-refractivity contribution is 7.20. The molecule has 1 fully saturated rings. The Labute approximate surface area is 139 Å². The Kier molecular flexibility index (Phi) is 4.50. The lowest BCUT2D eigenvalue weighted by atomic mass is 10.2. The van der Waals surface area contributed by atoms with Crippen LogP contribution in [0.4, 0.5) is 5.82 Å². The van der Waals surface area contributed by atoms with Gasteiger partial charge in [0.1, 0.15) is 21.3 Å². The lowest BCUT2D eigenvalue weighted by molar-refractivity contribution is 0.0605. The molecule has 23 heavy (non-hydrogen) atoms. The number of nitrogens with one attached hydrogen (secondary N) is 1. The molecule has 2 aromatic rings. The van der Waals surface area contributed by atoms with Gasteiger partial charge < -0.3 is 14.8 Å². The predicted octanol–water partition coefficient (Wildman–Crippen LogP) is 3.07. The van der Waals surface area contributed by atoms with Crippen LogP contribution in [0.2, 0.25) is 0 Å². The number of hydrogen-bond donors (Lipinski definition) is 1. The molecule has 0 aromatic carbocycles. The summed E-state index contributed by atoms with van der Waals surface area (Å²) in [4.78, 5) is 22.4. The number of carbonyl (C=O) groups excluding carboxylic acids is 1. The van der Waals surface area contributed by atoms with Crippen molar-refractivity contribution in [2.45, 2.75) is 45.3 Å². The van der Waals surface area contributed by atoms with Crippen molar-refractivity contribution in [1.29, 1.82) is 0 Å². The van der Waals surface area contributed by atoms with Gasteiger partial charge >= 0.3 is 5.97 Å². The van der Waals surface area contributed by atoms with Crippen LogP contribution < -0.4 is 5.32 Å². The number of rotatable bonds is 4.